The fourth-order valence-corrected chi connectivity index (χ4v) is 4.43. The maximum absolute atomic E-state index is 13.2. The normalized spacial score (nSPS) is 26.1. The second-order valence-electron chi connectivity index (χ2n) is 7.10. The Morgan fingerprint density at radius 3 is 2.64 bits per heavy atom. The van der Waals surface area contributed by atoms with Gasteiger partial charge in [0.1, 0.15) is 13.2 Å². The van der Waals surface area contributed by atoms with Crippen molar-refractivity contribution in [2.24, 2.45) is 0 Å². The molecule has 1 aromatic rings. The van der Waals surface area contributed by atoms with E-state index in [9.17, 15) is 4.79 Å². The summed E-state index contributed by atoms with van der Waals surface area (Å²) in [6.45, 7) is 2.94. The van der Waals surface area contributed by atoms with Gasteiger partial charge in [-0.1, -0.05) is 0 Å². The maximum atomic E-state index is 13.2. The lowest BCUT2D eigenvalue weighted by Gasteiger charge is -2.33. The first kappa shape index (κ1) is 16.5. The number of hydrogen-bond donors (Lipinski definition) is 0. The molecule has 0 spiro atoms. The number of ether oxygens (including phenoxy) is 3. The number of benzene rings is 1. The van der Waals surface area contributed by atoms with Gasteiger partial charge in [0.25, 0.3) is 5.91 Å². The van der Waals surface area contributed by atoms with Crippen LogP contribution in [0.1, 0.15) is 36.0 Å². The molecule has 136 valence electrons. The molecule has 6 heteroatoms. The molecule has 4 rings (SSSR count). The van der Waals surface area contributed by atoms with E-state index >= 15 is 0 Å². The minimum Gasteiger partial charge on any atom is -0.493 e. The molecule has 2 atom stereocenters. The third-order valence-corrected chi connectivity index (χ3v) is 5.66. The molecule has 1 amide bonds. The van der Waals surface area contributed by atoms with Crippen molar-refractivity contribution < 1.29 is 19.0 Å². The molecule has 2 saturated heterocycles. The van der Waals surface area contributed by atoms with Crippen LogP contribution in [0.5, 0.6) is 17.2 Å². The molecule has 1 aromatic carbocycles. The minimum absolute atomic E-state index is 0.0677. The molecule has 0 unspecified atom stereocenters. The molecule has 2 fully saturated rings. The number of fused-ring (bicyclic) bond motifs is 1. The third-order valence-electron chi connectivity index (χ3n) is 5.66. The van der Waals surface area contributed by atoms with Gasteiger partial charge in [-0.2, -0.15) is 0 Å². The summed E-state index contributed by atoms with van der Waals surface area (Å²) >= 11 is 0. The maximum Gasteiger partial charge on any atom is 0.254 e. The van der Waals surface area contributed by atoms with Gasteiger partial charge in [-0.15, -0.1) is 0 Å². The number of amides is 1. The van der Waals surface area contributed by atoms with E-state index in [1.807, 2.05) is 0 Å². The van der Waals surface area contributed by atoms with Crippen LogP contribution in [0.3, 0.4) is 0 Å². The van der Waals surface area contributed by atoms with Crippen molar-refractivity contribution in [2.45, 2.75) is 37.8 Å². The third kappa shape index (κ3) is 2.92. The number of carbonyl (C=O) groups excluding carboxylic acids is 1. The molecule has 0 N–H and O–H groups in total. The number of nitrogens with zero attached hydrogens (tertiary/aromatic N) is 2. The molecule has 25 heavy (non-hydrogen) atoms. The molecule has 0 bridgehead atoms. The Hall–Kier alpha value is -1.95. The van der Waals surface area contributed by atoms with Gasteiger partial charge in [-0.05, 0) is 51.4 Å². The van der Waals surface area contributed by atoms with E-state index in [0.29, 0.717) is 48.1 Å². The highest BCUT2D eigenvalue weighted by Gasteiger charge is 2.39. The predicted octanol–water partition coefficient (Wildman–Crippen LogP) is 2.17. The highest BCUT2D eigenvalue weighted by atomic mass is 16.6. The zero-order chi connectivity index (χ0) is 17.4. The first-order valence-corrected chi connectivity index (χ1v) is 9.18. The Bertz CT molecular complexity index is 646. The number of likely N-dealkylation sites (tertiary alicyclic amines) is 2. The van der Waals surface area contributed by atoms with Gasteiger partial charge in [0.15, 0.2) is 11.5 Å². The molecule has 3 heterocycles. The highest BCUT2D eigenvalue weighted by molar-refractivity contribution is 5.96. The molecule has 0 aliphatic carbocycles. The van der Waals surface area contributed by atoms with Crippen molar-refractivity contribution in [3.8, 4) is 17.2 Å². The quantitative estimate of drug-likeness (QED) is 0.840. The summed E-state index contributed by atoms with van der Waals surface area (Å²) in [6.07, 6.45) is 4.55. The van der Waals surface area contributed by atoms with Gasteiger partial charge in [-0.25, -0.2) is 0 Å². The lowest BCUT2D eigenvalue weighted by molar-refractivity contribution is 0.0663. The molecule has 0 radical (unpaired) electrons. The largest absolute Gasteiger partial charge is 0.493 e. The van der Waals surface area contributed by atoms with Crippen LogP contribution in [0.25, 0.3) is 0 Å². The van der Waals surface area contributed by atoms with E-state index in [2.05, 4.69) is 16.8 Å². The van der Waals surface area contributed by atoms with Crippen molar-refractivity contribution in [2.75, 3.05) is 40.5 Å². The molecular formula is C19H26N2O4. The van der Waals surface area contributed by atoms with E-state index in [1.165, 1.54) is 12.8 Å². The summed E-state index contributed by atoms with van der Waals surface area (Å²) < 4.78 is 16.7. The Morgan fingerprint density at radius 2 is 1.88 bits per heavy atom. The average Bonchev–Trinajstić information content (AvgIpc) is 3.28. The van der Waals surface area contributed by atoms with Crippen LogP contribution in [0, 0.1) is 0 Å². The van der Waals surface area contributed by atoms with Crippen LogP contribution in [0.2, 0.25) is 0 Å². The fourth-order valence-electron chi connectivity index (χ4n) is 4.43. The van der Waals surface area contributed by atoms with Gasteiger partial charge in [-0.3, -0.25) is 4.79 Å². The van der Waals surface area contributed by atoms with Crippen LogP contribution in [0.4, 0.5) is 0 Å². The van der Waals surface area contributed by atoms with Crippen molar-refractivity contribution >= 4 is 5.91 Å². The first-order valence-electron chi connectivity index (χ1n) is 9.18. The van der Waals surface area contributed by atoms with Crippen molar-refractivity contribution in [3.63, 3.8) is 0 Å². The standard InChI is InChI=1S/C19H26N2O4/c1-20-7-3-5-14(20)15-6-4-8-21(15)19(22)13-11-16(23-2)18-17(12-13)24-9-10-25-18/h11-12,14-15H,3-10H2,1-2H3/t14-,15+/m1/s1. The van der Waals surface area contributed by atoms with Crippen LogP contribution in [-0.2, 0) is 0 Å². The van der Waals surface area contributed by atoms with Crippen LogP contribution in [0.15, 0.2) is 12.1 Å². The molecule has 0 aromatic heterocycles. The second-order valence-corrected chi connectivity index (χ2v) is 7.10. The predicted molar refractivity (Wildman–Crippen MR) is 93.7 cm³/mol. The molecule has 3 aliphatic rings. The molecule has 0 saturated carbocycles. The summed E-state index contributed by atoms with van der Waals surface area (Å²) in [4.78, 5) is 17.7. The topological polar surface area (TPSA) is 51.2 Å². The molecule has 6 nitrogen and oxygen atoms in total. The van der Waals surface area contributed by atoms with Gasteiger partial charge >= 0.3 is 0 Å². The number of rotatable bonds is 3. The van der Waals surface area contributed by atoms with Gasteiger partial charge in [0.2, 0.25) is 5.75 Å². The zero-order valence-electron chi connectivity index (χ0n) is 15.0. The summed E-state index contributed by atoms with van der Waals surface area (Å²) in [5, 5.41) is 0. The van der Waals surface area contributed by atoms with E-state index in [-0.39, 0.29) is 5.91 Å². The average molecular weight is 346 g/mol. The minimum atomic E-state index is 0.0677. The molecular weight excluding hydrogens is 320 g/mol. The van der Waals surface area contributed by atoms with Gasteiger partial charge in [0.05, 0.1) is 7.11 Å². The smallest absolute Gasteiger partial charge is 0.254 e. The lowest BCUT2D eigenvalue weighted by atomic mass is 10.0. The van der Waals surface area contributed by atoms with E-state index < -0.39 is 0 Å². The second kappa shape index (κ2) is 6.75. The fraction of sp³-hybridized carbons (Fsp3) is 0.632. The lowest BCUT2D eigenvalue weighted by Crippen LogP contribution is -2.47. The van der Waals surface area contributed by atoms with E-state index in [1.54, 1.807) is 19.2 Å². The van der Waals surface area contributed by atoms with Crippen molar-refractivity contribution in [1.82, 2.24) is 9.80 Å². The Balaban J connectivity index is 1.61. The van der Waals surface area contributed by atoms with Crippen LogP contribution >= 0.6 is 0 Å². The Kier molecular flexibility index (Phi) is 4.46. The summed E-state index contributed by atoms with van der Waals surface area (Å²) in [5.74, 6) is 1.83. The number of methoxy groups -OCH3 is 1. The summed E-state index contributed by atoms with van der Waals surface area (Å²) in [6, 6.07) is 4.36. The summed E-state index contributed by atoms with van der Waals surface area (Å²) in [7, 11) is 3.76. The van der Waals surface area contributed by atoms with Crippen LogP contribution in [-0.4, -0.2) is 68.3 Å². The van der Waals surface area contributed by atoms with Gasteiger partial charge in [0, 0.05) is 24.2 Å². The monoisotopic (exact) mass is 346 g/mol. The number of carbonyl (C=O) groups is 1. The van der Waals surface area contributed by atoms with Crippen LogP contribution < -0.4 is 14.2 Å². The molecule has 3 aliphatic heterocycles. The van der Waals surface area contributed by atoms with Crippen molar-refractivity contribution in [3.05, 3.63) is 17.7 Å². The van der Waals surface area contributed by atoms with E-state index in [4.69, 9.17) is 14.2 Å². The summed E-state index contributed by atoms with van der Waals surface area (Å²) in [5.41, 5.74) is 0.619. The number of likely N-dealkylation sites (N-methyl/N-ethyl adjacent to an activating group) is 1. The van der Waals surface area contributed by atoms with Crippen molar-refractivity contribution in [1.29, 1.82) is 0 Å². The first-order chi connectivity index (χ1) is 12.2. The number of hydrogen-bond acceptors (Lipinski definition) is 5. The SMILES string of the molecule is COc1cc(C(=O)N2CCC[C@H]2[C@H]2CCCN2C)cc2c1OCCO2. The van der Waals surface area contributed by atoms with E-state index in [0.717, 1.165) is 25.9 Å². The Morgan fingerprint density at radius 1 is 1.12 bits per heavy atom. The highest BCUT2D eigenvalue weighted by Crippen LogP contribution is 2.41. The zero-order valence-corrected chi connectivity index (χ0v) is 15.0. The van der Waals surface area contributed by atoms with Gasteiger partial charge < -0.3 is 24.0 Å². The Labute approximate surface area is 148 Å².